The van der Waals surface area contributed by atoms with E-state index in [1.807, 2.05) is 37.3 Å². The number of nitrogens with one attached hydrogen (secondary N) is 2. The van der Waals surface area contributed by atoms with Gasteiger partial charge in [0.1, 0.15) is 10.6 Å². The molecular formula is C27H31N3O4S. The summed E-state index contributed by atoms with van der Waals surface area (Å²) in [6.45, 7) is 4.61. The number of hydrogen-bond acceptors (Lipinski definition) is 5. The molecule has 0 atom stereocenters. The zero-order valence-electron chi connectivity index (χ0n) is 20.0. The lowest BCUT2D eigenvalue weighted by Crippen LogP contribution is -2.44. The van der Waals surface area contributed by atoms with Crippen molar-refractivity contribution in [3.63, 3.8) is 0 Å². The van der Waals surface area contributed by atoms with Crippen LogP contribution in [0.3, 0.4) is 0 Å². The molecule has 1 heterocycles. The van der Waals surface area contributed by atoms with Crippen molar-refractivity contribution in [3.8, 4) is 5.75 Å². The first-order chi connectivity index (χ1) is 16.8. The van der Waals surface area contributed by atoms with E-state index in [0.29, 0.717) is 5.69 Å². The SMILES string of the molecule is COc1ccc(C(=O)NC2CCN(Cc3ccccc3)CC2)cc1S(=O)(=O)Nc1ccc(C)cc1. The number of anilines is 1. The fraction of sp³-hybridized carbons (Fsp3) is 0.296. The predicted molar refractivity (Wildman–Crippen MR) is 137 cm³/mol. The highest BCUT2D eigenvalue weighted by Crippen LogP contribution is 2.27. The monoisotopic (exact) mass is 493 g/mol. The molecule has 0 spiro atoms. The number of likely N-dealkylation sites (tertiary alicyclic amines) is 1. The summed E-state index contributed by atoms with van der Waals surface area (Å²) in [6.07, 6.45) is 1.68. The molecule has 1 fully saturated rings. The van der Waals surface area contributed by atoms with Crippen molar-refractivity contribution in [2.75, 3.05) is 24.9 Å². The molecule has 7 nitrogen and oxygen atoms in total. The van der Waals surface area contributed by atoms with Gasteiger partial charge in [-0.3, -0.25) is 14.4 Å². The van der Waals surface area contributed by atoms with Crippen LogP contribution in [0.25, 0.3) is 0 Å². The summed E-state index contributed by atoms with van der Waals surface area (Å²) < 4.78 is 34.0. The van der Waals surface area contributed by atoms with Crippen LogP contribution in [0.5, 0.6) is 5.75 Å². The summed E-state index contributed by atoms with van der Waals surface area (Å²) in [4.78, 5) is 15.3. The van der Waals surface area contributed by atoms with Gasteiger partial charge in [-0.25, -0.2) is 8.42 Å². The van der Waals surface area contributed by atoms with Gasteiger partial charge in [0.15, 0.2) is 0 Å². The molecule has 1 amide bonds. The smallest absolute Gasteiger partial charge is 0.265 e. The number of piperidine rings is 1. The van der Waals surface area contributed by atoms with E-state index in [4.69, 9.17) is 4.74 Å². The normalized spacial score (nSPS) is 14.9. The van der Waals surface area contributed by atoms with Crippen molar-refractivity contribution in [1.82, 2.24) is 10.2 Å². The van der Waals surface area contributed by atoms with Gasteiger partial charge in [0, 0.05) is 36.9 Å². The Hall–Kier alpha value is -3.36. The Kier molecular flexibility index (Phi) is 7.73. The van der Waals surface area contributed by atoms with E-state index in [1.54, 1.807) is 18.2 Å². The highest BCUT2D eigenvalue weighted by atomic mass is 32.2. The minimum atomic E-state index is -3.96. The Bertz CT molecular complexity index is 1250. The van der Waals surface area contributed by atoms with E-state index in [0.717, 1.165) is 38.0 Å². The van der Waals surface area contributed by atoms with Crippen LogP contribution < -0.4 is 14.8 Å². The van der Waals surface area contributed by atoms with Crippen molar-refractivity contribution < 1.29 is 17.9 Å². The maximum atomic E-state index is 13.1. The maximum Gasteiger partial charge on any atom is 0.265 e. The second kappa shape index (κ2) is 10.9. The summed E-state index contributed by atoms with van der Waals surface area (Å²) in [7, 11) is -2.55. The molecule has 0 saturated carbocycles. The number of ether oxygens (including phenoxy) is 1. The Labute approximate surface area is 207 Å². The maximum absolute atomic E-state index is 13.1. The average Bonchev–Trinajstić information content (AvgIpc) is 2.86. The van der Waals surface area contributed by atoms with E-state index in [9.17, 15) is 13.2 Å². The molecule has 0 aliphatic carbocycles. The van der Waals surface area contributed by atoms with E-state index in [2.05, 4.69) is 27.1 Å². The van der Waals surface area contributed by atoms with Crippen LogP contribution in [-0.4, -0.2) is 45.5 Å². The van der Waals surface area contributed by atoms with E-state index < -0.39 is 10.0 Å². The lowest BCUT2D eigenvalue weighted by molar-refractivity contribution is 0.0908. The van der Waals surface area contributed by atoms with Gasteiger partial charge in [0.25, 0.3) is 15.9 Å². The van der Waals surface area contributed by atoms with Crippen LogP contribution >= 0.6 is 0 Å². The molecule has 0 aromatic heterocycles. The zero-order chi connectivity index (χ0) is 24.8. The van der Waals surface area contributed by atoms with Gasteiger partial charge < -0.3 is 10.1 Å². The van der Waals surface area contributed by atoms with Crippen molar-refractivity contribution in [2.24, 2.45) is 0 Å². The van der Waals surface area contributed by atoms with Gasteiger partial charge in [-0.1, -0.05) is 48.0 Å². The molecule has 184 valence electrons. The van der Waals surface area contributed by atoms with E-state index >= 15 is 0 Å². The number of sulfonamides is 1. The summed E-state index contributed by atoms with van der Waals surface area (Å²) >= 11 is 0. The first-order valence-electron chi connectivity index (χ1n) is 11.7. The molecular weight excluding hydrogens is 462 g/mol. The second-order valence-corrected chi connectivity index (χ2v) is 10.5. The Balaban J connectivity index is 1.41. The third-order valence-electron chi connectivity index (χ3n) is 6.19. The Morgan fingerprint density at radius 1 is 1.00 bits per heavy atom. The number of carbonyl (C=O) groups excluding carboxylic acids is 1. The summed E-state index contributed by atoms with van der Waals surface area (Å²) in [6, 6.07) is 21.9. The fourth-order valence-corrected chi connectivity index (χ4v) is 5.46. The number of rotatable bonds is 8. The lowest BCUT2D eigenvalue weighted by Gasteiger charge is -2.32. The molecule has 0 radical (unpaired) electrons. The van der Waals surface area contributed by atoms with Crippen LogP contribution in [0.15, 0.2) is 77.7 Å². The molecule has 3 aromatic rings. The minimum absolute atomic E-state index is 0.0439. The van der Waals surface area contributed by atoms with Crippen molar-refractivity contribution in [2.45, 2.75) is 37.2 Å². The first kappa shape index (κ1) is 24.8. The van der Waals surface area contributed by atoms with Gasteiger partial charge in [-0.15, -0.1) is 0 Å². The molecule has 2 N–H and O–H groups in total. The standard InChI is InChI=1S/C27H31N3O4S/c1-20-8-11-24(12-9-20)29-35(32,33)26-18-22(10-13-25(26)34-2)27(31)28-23-14-16-30(17-15-23)19-21-6-4-3-5-7-21/h3-13,18,23,29H,14-17,19H2,1-2H3,(H,28,31). The van der Waals surface area contributed by atoms with Crippen molar-refractivity contribution in [3.05, 3.63) is 89.5 Å². The summed E-state index contributed by atoms with van der Waals surface area (Å²) in [5.74, 6) is -0.115. The fourth-order valence-electron chi connectivity index (χ4n) is 4.21. The van der Waals surface area contributed by atoms with Crippen LogP contribution in [0, 0.1) is 6.92 Å². The van der Waals surface area contributed by atoms with Crippen LogP contribution in [0.2, 0.25) is 0 Å². The van der Waals surface area contributed by atoms with Gasteiger partial charge in [-0.2, -0.15) is 0 Å². The molecule has 1 aliphatic rings. The average molecular weight is 494 g/mol. The number of methoxy groups -OCH3 is 1. The van der Waals surface area contributed by atoms with Crippen molar-refractivity contribution in [1.29, 1.82) is 0 Å². The topological polar surface area (TPSA) is 87.7 Å². The predicted octanol–water partition coefficient (Wildman–Crippen LogP) is 4.20. The number of benzene rings is 3. The van der Waals surface area contributed by atoms with Crippen molar-refractivity contribution >= 4 is 21.6 Å². The number of aryl methyl sites for hydroxylation is 1. The van der Waals surface area contributed by atoms with E-state index in [-0.39, 0.29) is 28.2 Å². The minimum Gasteiger partial charge on any atom is -0.495 e. The highest BCUT2D eigenvalue weighted by molar-refractivity contribution is 7.92. The van der Waals surface area contributed by atoms with Gasteiger partial charge >= 0.3 is 0 Å². The number of carbonyl (C=O) groups is 1. The molecule has 3 aromatic carbocycles. The molecule has 35 heavy (non-hydrogen) atoms. The number of amides is 1. The van der Waals surface area contributed by atoms with Gasteiger partial charge in [0.05, 0.1) is 7.11 Å². The zero-order valence-corrected chi connectivity index (χ0v) is 20.8. The quantitative estimate of drug-likeness (QED) is 0.491. The second-order valence-electron chi connectivity index (χ2n) is 8.85. The largest absolute Gasteiger partial charge is 0.495 e. The summed E-state index contributed by atoms with van der Waals surface area (Å²) in [5, 5.41) is 3.07. The number of hydrogen-bond donors (Lipinski definition) is 2. The van der Waals surface area contributed by atoms with Gasteiger partial charge in [0.2, 0.25) is 0 Å². The van der Waals surface area contributed by atoms with Gasteiger partial charge in [-0.05, 0) is 55.7 Å². The molecule has 0 unspecified atom stereocenters. The molecule has 1 aliphatic heterocycles. The molecule has 4 rings (SSSR count). The van der Waals surface area contributed by atoms with Crippen LogP contribution in [0.1, 0.15) is 34.3 Å². The Morgan fingerprint density at radius 3 is 2.34 bits per heavy atom. The van der Waals surface area contributed by atoms with E-state index in [1.165, 1.54) is 24.8 Å². The first-order valence-corrected chi connectivity index (χ1v) is 13.2. The van der Waals surface area contributed by atoms with Crippen LogP contribution in [0.4, 0.5) is 5.69 Å². The number of nitrogens with zero attached hydrogens (tertiary/aromatic N) is 1. The molecule has 0 bridgehead atoms. The highest BCUT2D eigenvalue weighted by Gasteiger charge is 2.24. The third-order valence-corrected chi connectivity index (χ3v) is 7.59. The Morgan fingerprint density at radius 2 is 1.69 bits per heavy atom. The molecule has 8 heteroatoms. The summed E-state index contributed by atoms with van der Waals surface area (Å²) in [5.41, 5.74) is 3.02. The lowest BCUT2D eigenvalue weighted by atomic mass is 10.0. The molecule has 1 saturated heterocycles. The van der Waals surface area contributed by atoms with Crippen LogP contribution in [-0.2, 0) is 16.6 Å². The third kappa shape index (κ3) is 6.41.